The summed E-state index contributed by atoms with van der Waals surface area (Å²) in [6.07, 6.45) is 0. The number of hydrogen-bond acceptors (Lipinski definition) is 5. The SMILES string of the molecule is CC(=O)NCc1ccc(C(=O)COC(=O)[C@@H](C)Sc2ccccc2)cc1. The first-order valence-electron chi connectivity index (χ1n) is 8.20. The second kappa shape index (κ2) is 9.77. The Morgan fingerprint density at radius 2 is 1.69 bits per heavy atom. The quantitative estimate of drug-likeness (QED) is 0.438. The fourth-order valence-corrected chi connectivity index (χ4v) is 3.01. The maximum Gasteiger partial charge on any atom is 0.319 e. The van der Waals surface area contributed by atoms with Gasteiger partial charge in [-0.05, 0) is 24.6 Å². The van der Waals surface area contributed by atoms with E-state index in [1.807, 2.05) is 30.3 Å². The van der Waals surface area contributed by atoms with E-state index in [9.17, 15) is 14.4 Å². The van der Waals surface area contributed by atoms with E-state index in [0.29, 0.717) is 12.1 Å². The summed E-state index contributed by atoms with van der Waals surface area (Å²) in [7, 11) is 0. The third kappa shape index (κ3) is 6.37. The lowest BCUT2D eigenvalue weighted by atomic mass is 10.1. The van der Waals surface area contributed by atoms with E-state index in [2.05, 4.69) is 5.32 Å². The molecule has 0 aromatic heterocycles. The molecule has 0 unspecified atom stereocenters. The highest BCUT2D eigenvalue weighted by molar-refractivity contribution is 8.00. The van der Waals surface area contributed by atoms with Crippen LogP contribution in [0.5, 0.6) is 0 Å². The topological polar surface area (TPSA) is 72.5 Å². The molecule has 0 aliphatic heterocycles. The molecule has 136 valence electrons. The monoisotopic (exact) mass is 371 g/mol. The van der Waals surface area contributed by atoms with Crippen molar-refractivity contribution in [3.8, 4) is 0 Å². The molecule has 6 heteroatoms. The molecule has 0 heterocycles. The number of ether oxygens (including phenoxy) is 1. The summed E-state index contributed by atoms with van der Waals surface area (Å²) < 4.78 is 5.14. The average Bonchev–Trinajstić information content (AvgIpc) is 2.65. The van der Waals surface area contributed by atoms with Gasteiger partial charge >= 0.3 is 5.97 Å². The first-order valence-corrected chi connectivity index (χ1v) is 9.08. The second-order valence-electron chi connectivity index (χ2n) is 5.71. The maximum absolute atomic E-state index is 12.2. The Labute approximate surface area is 157 Å². The average molecular weight is 371 g/mol. The largest absolute Gasteiger partial charge is 0.456 e. The number of amides is 1. The molecule has 2 rings (SSSR count). The molecule has 2 aromatic carbocycles. The molecule has 0 radical (unpaired) electrons. The molecule has 1 amide bonds. The van der Waals surface area contributed by atoms with Gasteiger partial charge in [0.25, 0.3) is 0 Å². The van der Waals surface area contributed by atoms with Gasteiger partial charge in [-0.2, -0.15) is 0 Å². The van der Waals surface area contributed by atoms with Crippen molar-refractivity contribution in [2.45, 2.75) is 30.5 Å². The predicted octanol–water partition coefficient (Wildman–Crippen LogP) is 3.23. The third-order valence-corrected chi connectivity index (χ3v) is 4.64. The van der Waals surface area contributed by atoms with Gasteiger partial charge in [-0.15, -0.1) is 11.8 Å². The predicted molar refractivity (Wildman–Crippen MR) is 101 cm³/mol. The van der Waals surface area contributed by atoms with Crippen LogP contribution in [0.4, 0.5) is 0 Å². The first-order chi connectivity index (χ1) is 12.5. The van der Waals surface area contributed by atoms with Crippen LogP contribution in [0, 0.1) is 0 Å². The molecule has 0 bridgehead atoms. The minimum absolute atomic E-state index is 0.112. The van der Waals surface area contributed by atoms with E-state index in [4.69, 9.17) is 4.74 Å². The van der Waals surface area contributed by atoms with Crippen LogP contribution in [0.1, 0.15) is 29.8 Å². The molecular weight excluding hydrogens is 350 g/mol. The number of benzene rings is 2. The van der Waals surface area contributed by atoms with Crippen LogP contribution in [0.25, 0.3) is 0 Å². The van der Waals surface area contributed by atoms with E-state index in [-0.39, 0.29) is 18.3 Å². The minimum atomic E-state index is -0.422. The van der Waals surface area contributed by atoms with Crippen molar-refractivity contribution < 1.29 is 19.1 Å². The number of esters is 1. The molecule has 0 spiro atoms. The molecule has 2 aromatic rings. The third-order valence-electron chi connectivity index (χ3n) is 3.55. The van der Waals surface area contributed by atoms with Gasteiger partial charge in [-0.25, -0.2) is 0 Å². The molecule has 0 saturated carbocycles. The highest BCUT2D eigenvalue weighted by Gasteiger charge is 2.17. The number of hydrogen-bond donors (Lipinski definition) is 1. The van der Waals surface area contributed by atoms with Gasteiger partial charge in [0.05, 0.1) is 0 Å². The van der Waals surface area contributed by atoms with E-state index < -0.39 is 11.2 Å². The van der Waals surface area contributed by atoms with E-state index in [0.717, 1.165) is 10.5 Å². The van der Waals surface area contributed by atoms with Crippen LogP contribution in [0.2, 0.25) is 0 Å². The van der Waals surface area contributed by atoms with E-state index in [1.165, 1.54) is 18.7 Å². The van der Waals surface area contributed by atoms with Gasteiger partial charge in [-0.1, -0.05) is 42.5 Å². The van der Waals surface area contributed by atoms with Gasteiger partial charge in [0.15, 0.2) is 12.4 Å². The lowest BCUT2D eigenvalue weighted by molar-refractivity contribution is -0.141. The molecule has 5 nitrogen and oxygen atoms in total. The fraction of sp³-hybridized carbons (Fsp3) is 0.250. The molecule has 0 saturated heterocycles. The molecule has 0 fully saturated rings. The van der Waals surface area contributed by atoms with Crippen molar-refractivity contribution in [1.29, 1.82) is 0 Å². The van der Waals surface area contributed by atoms with Crippen LogP contribution in [-0.2, 0) is 20.9 Å². The standard InChI is InChI=1S/C20H21NO4S/c1-14(26-18-6-4-3-5-7-18)20(24)25-13-19(23)17-10-8-16(9-11-17)12-21-15(2)22/h3-11,14H,12-13H2,1-2H3,(H,21,22)/t14-/m1/s1. The van der Waals surface area contributed by atoms with Crippen LogP contribution < -0.4 is 5.32 Å². The van der Waals surface area contributed by atoms with Crippen LogP contribution in [-0.4, -0.2) is 29.5 Å². The zero-order valence-electron chi connectivity index (χ0n) is 14.7. The number of carbonyl (C=O) groups excluding carboxylic acids is 3. The van der Waals surface area contributed by atoms with Gasteiger partial charge in [0.1, 0.15) is 5.25 Å². The highest BCUT2D eigenvalue weighted by atomic mass is 32.2. The summed E-state index contributed by atoms with van der Waals surface area (Å²) in [6, 6.07) is 16.4. The molecular formula is C20H21NO4S. The molecule has 26 heavy (non-hydrogen) atoms. The van der Waals surface area contributed by atoms with Crippen LogP contribution in [0.3, 0.4) is 0 Å². The van der Waals surface area contributed by atoms with Crippen LogP contribution in [0.15, 0.2) is 59.5 Å². The summed E-state index contributed by atoms with van der Waals surface area (Å²) in [4.78, 5) is 36.1. The normalized spacial score (nSPS) is 11.5. The lowest BCUT2D eigenvalue weighted by Crippen LogP contribution is -2.21. The van der Waals surface area contributed by atoms with E-state index >= 15 is 0 Å². The smallest absolute Gasteiger partial charge is 0.319 e. The number of carbonyl (C=O) groups is 3. The first kappa shape index (κ1) is 19.7. The Morgan fingerprint density at radius 1 is 1.04 bits per heavy atom. The molecule has 1 N–H and O–H groups in total. The zero-order chi connectivity index (χ0) is 18.9. The maximum atomic E-state index is 12.2. The molecule has 0 aliphatic rings. The Morgan fingerprint density at radius 3 is 2.31 bits per heavy atom. The second-order valence-corrected chi connectivity index (χ2v) is 7.12. The van der Waals surface area contributed by atoms with Gasteiger partial charge in [0, 0.05) is 23.9 Å². The van der Waals surface area contributed by atoms with Crippen LogP contribution >= 0.6 is 11.8 Å². The Bertz CT molecular complexity index is 759. The number of thioether (sulfide) groups is 1. The van der Waals surface area contributed by atoms with Gasteiger partial charge < -0.3 is 10.1 Å². The molecule has 1 atom stereocenters. The van der Waals surface area contributed by atoms with Crippen molar-refractivity contribution >= 4 is 29.4 Å². The highest BCUT2D eigenvalue weighted by Crippen LogP contribution is 2.23. The Balaban J connectivity index is 1.81. The lowest BCUT2D eigenvalue weighted by Gasteiger charge is -2.11. The summed E-state index contributed by atoms with van der Waals surface area (Å²) in [5.74, 6) is -0.796. The summed E-state index contributed by atoms with van der Waals surface area (Å²) in [5.41, 5.74) is 1.36. The summed E-state index contributed by atoms with van der Waals surface area (Å²) >= 11 is 1.39. The molecule has 0 aliphatic carbocycles. The number of rotatable bonds is 8. The Hall–Kier alpha value is -2.60. The van der Waals surface area contributed by atoms with Gasteiger partial charge in [-0.3, -0.25) is 14.4 Å². The summed E-state index contributed by atoms with van der Waals surface area (Å²) in [5, 5.41) is 2.29. The Kier molecular flexibility index (Phi) is 7.41. The fourth-order valence-electron chi connectivity index (χ4n) is 2.12. The van der Waals surface area contributed by atoms with Crippen molar-refractivity contribution in [3.05, 3.63) is 65.7 Å². The zero-order valence-corrected chi connectivity index (χ0v) is 15.5. The minimum Gasteiger partial charge on any atom is -0.456 e. The number of Topliss-reactive ketones (excluding diaryl/α,β-unsaturated/α-hetero) is 1. The summed E-state index contributed by atoms with van der Waals surface area (Å²) in [6.45, 7) is 3.32. The number of ketones is 1. The van der Waals surface area contributed by atoms with Crippen molar-refractivity contribution in [2.75, 3.05) is 6.61 Å². The van der Waals surface area contributed by atoms with Crippen molar-refractivity contribution in [3.63, 3.8) is 0 Å². The number of nitrogens with one attached hydrogen (secondary N) is 1. The van der Waals surface area contributed by atoms with Crippen molar-refractivity contribution in [2.24, 2.45) is 0 Å². The van der Waals surface area contributed by atoms with E-state index in [1.54, 1.807) is 31.2 Å². The van der Waals surface area contributed by atoms with Gasteiger partial charge in [0.2, 0.25) is 5.91 Å². The van der Waals surface area contributed by atoms with Crippen molar-refractivity contribution in [1.82, 2.24) is 5.32 Å².